The Morgan fingerprint density at radius 3 is 1.67 bits per heavy atom. The van der Waals surface area contributed by atoms with Crippen LogP contribution in [0.2, 0.25) is 0 Å². The van der Waals surface area contributed by atoms with Crippen LogP contribution in [0.25, 0.3) is 11.1 Å². The summed E-state index contributed by atoms with van der Waals surface area (Å²) in [6, 6.07) is 37.4. The molecular weight excluding hydrogens is 470 g/mol. The van der Waals surface area contributed by atoms with Gasteiger partial charge in [-0.15, -0.1) is 0 Å². The van der Waals surface area contributed by atoms with Crippen molar-refractivity contribution in [3.8, 4) is 11.1 Å². The molecule has 170 valence electrons. The van der Waals surface area contributed by atoms with Gasteiger partial charge in [-0.05, 0) is 59.9 Å². The Balaban J connectivity index is 0.000000286. The van der Waals surface area contributed by atoms with Crippen molar-refractivity contribution in [2.45, 2.75) is 32.1 Å². The van der Waals surface area contributed by atoms with Crippen LogP contribution in [0.4, 0.5) is 0 Å². The monoisotopic (exact) mass is 501 g/mol. The maximum absolute atomic E-state index is 6.39. The number of benzene rings is 4. The second kappa shape index (κ2) is 12.5. The first-order chi connectivity index (χ1) is 15.9. The molecule has 0 aliphatic rings. The number of hydrogen-bond acceptors (Lipinski definition) is 3. The van der Waals surface area contributed by atoms with Gasteiger partial charge in [0.1, 0.15) is 0 Å². The van der Waals surface area contributed by atoms with E-state index in [-0.39, 0.29) is 18.2 Å². The van der Waals surface area contributed by atoms with Crippen LogP contribution in [-0.2, 0) is 0 Å². The molecule has 0 fully saturated rings. The van der Waals surface area contributed by atoms with Gasteiger partial charge in [-0.1, -0.05) is 107 Å². The van der Waals surface area contributed by atoms with Crippen molar-refractivity contribution in [2.24, 2.45) is 11.5 Å². The Kier molecular flexibility index (Phi) is 9.40. The van der Waals surface area contributed by atoms with Gasteiger partial charge < -0.3 is 11.5 Å². The molecule has 0 heterocycles. The molecule has 4 aromatic rings. The van der Waals surface area contributed by atoms with Crippen LogP contribution in [0.15, 0.2) is 114 Å². The fraction of sp³-hybridized carbons (Fsp3) is 0.172. The molecule has 0 amide bonds. The lowest BCUT2D eigenvalue weighted by molar-refractivity contribution is 0.479. The Hall–Kier alpha value is -2.76. The Bertz CT molecular complexity index is 1110. The summed E-state index contributed by atoms with van der Waals surface area (Å²) in [6.45, 7) is 4.11. The van der Waals surface area contributed by atoms with Gasteiger partial charge in [0.05, 0.1) is 6.17 Å². The first kappa shape index (κ1) is 24.9. The van der Waals surface area contributed by atoms with Crippen LogP contribution in [-0.4, -0.2) is 0 Å². The van der Waals surface area contributed by atoms with Crippen LogP contribution in [0.5, 0.6) is 0 Å². The fourth-order valence-electron chi connectivity index (χ4n) is 3.54. The minimum absolute atomic E-state index is 0.159. The number of nitrogens with one attached hydrogen (secondary N) is 1. The summed E-state index contributed by atoms with van der Waals surface area (Å²) in [5, 5.41) is 3.47. The van der Waals surface area contributed by atoms with Crippen LogP contribution in [0.3, 0.4) is 0 Å². The van der Waals surface area contributed by atoms with E-state index in [1.165, 1.54) is 22.3 Å². The lowest BCUT2D eigenvalue weighted by atomic mass is 10.0. The van der Waals surface area contributed by atoms with Crippen LogP contribution >= 0.6 is 15.9 Å². The zero-order valence-corrected chi connectivity index (χ0v) is 20.7. The summed E-state index contributed by atoms with van der Waals surface area (Å²) >= 11 is 3.53. The summed E-state index contributed by atoms with van der Waals surface area (Å²) in [5.41, 5.74) is 17.8. The third-order valence-electron chi connectivity index (χ3n) is 5.46. The van der Waals surface area contributed by atoms with E-state index >= 15 is 0 Å². The van der Waals surface area contributed by atoms with Gasteiger partial charge in [-0.25, -0.2) is 0 Å². The molecule has 0 saturated heterocycles. The van der Waals surface area contributed by atoms with Crippen molar-refractivity contribution in [3.63, 3.8) is 0 Å². The third kappa shape index (κ3) is 7.65. The minimum Gasteiger partial charge on any atom is -0.324 e. The van der Waals surface area contributed by atoms with Gasteiger partial charge in [-0.3, -0.25) is 5.32 Å². The van der Waals surface area contributed by atoms with Crippen LogP contribution in [0.1, 0.15) is 48.8 Å². The molecule has 3 unspecified atom stereocenters. The lowest BCUT2D eigenvalue weighted by Gasteiger charge is -2.21. The fourth-order valence-corrected chi connectivity index (χ4v) is 3.94. The topological polar surface area (TPSA) is 64.1 Å². The molecule has 0 aliphatic carbocycles. The number of hydrogen-bond donors (Lipinski definition) is 3. The molecule has 0 saturated carbocycles. The highest BCUT2D eigenvalue weighted by atomic mass is 79.9. The molecule has 5 N–H and O–H groups in total. The normalized spacial score (nSPS) is 13.4. The molecule has 4 rings (SSSR count). The first-order valence-electron chi connectivity index (χ1n) is 11.2. The van der Waals surface area contributed by atoms with Crippen molar-refractivity contribution < 1.29 is 0 Å². The maximum atomic E-state index is 6.39. The summed E-state index contributed by atoms with van der Waals surface area (Å²) in [5.74, 6) is 0. The van der Waals surface area contributed by atoms with Crippen LogP contribution < -0.4 is 16.8 Å². The van der Waals surface area contributed by atoms with Crippen molar-refractivity contribution in [1.29, 1.82) is 0 Å². The van der Waals surface area contributed by atoms with E-state index in [9.17, 15) is 0 Å². The zero-order valence-electron chi connectivity index (χ0n) is 19.2. The van der Waals surface area contributed by atoms with Gasteiger partial charge in [0, 0.05) is 16.6 Å². The minimum atomic E-state index is -0.215. The standard InChI is InChI=1S/C21H21BrN2.C8H11N/c1-15(16-7-3-2-4-8-16)24-21(23)19-11-5-9-17(13-19)18-10-6-12-20(22)14-18;1-7(9)8-5-3-2-4-6-8/h2-15,21,24H,23H2,1H3;2-7H,9H2,1H3. The molecular formula is C29H32BrN3. The molecule has 0 aromatic heterocycles. The molecule has 0 spiro atoms. The molecule has 0 bridgehead atoms. The highest BCUT2D eigenvalue weighted by Crippen LogP contribution is 2.25. The van der Waals surface area contributed by atoms with Crippen LogP contribution in [0, 0.1) is 0 Å². The summed E-state index contributed by atoms with van der Waals surface area (Å²) in [4.78, 5) is 0. The SMILES string of the molecule is CC(N)c1ccccc1.CC(NC(N)c1cccc(-c2cccc(Br)c2)c1)c1ccccc1. The molecule has 3 atom stereocenters. The van der Waals surface area contributed by atoms with Crippen molar-refractivity contribution in [3.05, 3.63) is 130 Å². The molecule has 4 aromatic carbocycles. The van der Waals surface area contributed by atoms with E-state index in [0.717, 1.165) is 10.0 Å². The van der Waals surface area contributed by atoms with E-state index < -0.39 is 0 Å². The van der Waals surface area contributed by atoms with E-state index in [0.29, 0.717) is 0 Å². The van der Waals surface area contributed by atoms with Gasteiger partial charge in [0.25, 0.3) is 0 Å². The highest BCUT2D eigenvalue weighted by molar-refractivity contribution is 9.10. The number of halogens is 1. The van der Waals surface area contributed by atoms with Gasteiger partial charge in [0.2, 0.25) is 0 Å². The summed E-state index contributed by atoms with van der Waals surface area (Å²) in [7, 11) is 0. The summed E-state index contributed by atoms with van der Waals surface area (Å²) in [6.07, 6.45) is -0.215. The smallest absolute Gasteiger partial charge is 0.0814 e. The quantitative estimate of drug-likeness (QED) is 0.246. The second-order valence-corrected chi connectivity index (χ2v) is 9.03. The van der Waals surface area contributed by atoms with Crippen molar-refractivity contribution in [2.75, 3.05) is 0 Å². The third-order valence-corrected chi connectivity index (χ3v) is 5.95. The zero-order chi connectivity index (χ0) is 23.6. The highest BCUT2D eigenvalue weighted by Gasteiger charge is 2.12. The summed E-state index contributed by atoms with van der Waals surface area (Å²) < 4.78 is 1.07. The molecule has 3 nitrogen and oxygen atoms in total. The van der Waals surface area contributed by atoms with E-state index in [1.807, 2.05) is 67.6 Å². The average molecular weight is 503 g/mol. The number of nitrogens with two attached hydrogens (primary N) is 2. The van der Waals surface area contributed by atoms with E-state index in [4.69, 9.17) is 11.5 Å². The molecule has 0 aliphatic heterocycles. The molecule has 0 radical (unpaired) electrons. The number of rotatable bonds is 6. The van der Waals surface area contributed by atoms with Gasteiger partial charge in [0.15, 0.2) is 0 Å². The van der Waals surface area contributed by atoms with Crippen molar-refractivity contribution in [1.82, 2.24) is 5.32 Å². The van der Waals surface area contributed by atoms with Gasteiger partial charge in [-0.2, -0.15) is 0 Å². The lowest BCUT2D eigenvalue weighted by Crippen LogP contribution is -2.31. The second-order valence-electron chi connectivity index (χ2n) is 8.11. The molecule has 33 heavy (non-hydrogen) atoms. The largest absolute Gasteiger partial charge is 0.324 e. The van der Waals surface area contributed by atoms with E-state index in [2.05, 4.69) is 76.7 Å². The predicted octanol–water partition coefficient (Wildman–Crippen LogP) is 7.13. The van der Waals surface area contributed by atoms with Gasteiger partial charge >= 0.3 is 0 Å². The van der Waals surface area contributed by atoms with Crippen molar-refractivity contribution >= 4 is 15.9 Å². The van der Waals surface area contributed by atoms with E-state index in [1.54, 1.807) is 0 Å². The maximum Gasteiger partial charge on any atom is 0.0814 e. The Labute approximate surface area is 206 Å². The first-order valence-corrected chi connectivity index (χ1v) is 12.0. The Morgan fingerprint density at radius 2 is 1.12 bits per heavy atom. The molecule has 4 heteroatoms. The average Bonchev–Trinajstić information content (AvgIpc) is 2.85. The Morgan fingerprint density at radius 1 is 0.606 bits per heavy atom. The predicted molar refractivity (Wildman–Crippen MR) is 144 cm³/mol.